The van der Waals surface area contributed by atoms with Crippen molar-refractivity contribution in [1.82, 2.24) is 0 Å². The molecule has 1 nitrogen and oxygen atoms in total. The summed E-state index contributed by atoms with van der Waals surface area (Å²) in [6.45, 7) is 2.24. The van der Waals surface area contributed by atoms with Gasteiger partial charge in [-0.2, -0.15) is 0 Å². The fourth-order valence-corrected chi connectivity index (χ4v) is 6.03. The van der Waals surface area contributed by atoms with Crippen LogP contribution in [0.1, 0.15) is 31.4 Å². The first-order chi connectivity index (χ1) is 8.30. The molecule has 0 amide bonds. The topological polar surface area (TPSA) is 9.23 Å². The second-order valence-electron chi connectivity index (χ2n) is 4.74. The van der Waals surface area contributed by atoms with Crippen molar-refractivity contribution in [3.63, 3.8) is 0 Å². The fourth-order valence-electron chi connectivity index (χ4n) is 2.63. The van der Waals surface area contributed by atoms with Gasteiger partial charge in [-0.25, -0.2) is 0 Å². The van der Waals surface area contributed by atoms with E-state index in [1.807, 2.05) is 0 Å². The van der Waals surface area contributed by atoms with Gasteiger partial charge in [0.1, 0.15) is 0 Å². The Kier molecular flexibility index (Phi) is 3.42. The van der Waals surface area contributed by atoms with Gasteiger partial charge < -0.3 is 4.74 Å². The third-order valence-corrected chi connectivity index (χ3v) is 7.28. The van der Waals surface area contributed by atoms with Crippen LogP contribution in [0.5, 0.6) is 0 Å². The molecular formula is C14H18OS2. The second kappa shape index (κ2) is 4.87. The first kappa shape index (κ1) is 11.9. The largest absolute Gasteiger partial charge is 0.368 e. The van der Waals surface area contributed by atoms with Gasteiger partial charge in [0.2, 0.25) is 0 Å². The monoisotopic (exact) mass is 266 g/mol. The first-order valence-corrected chi connectivity index (χ1v) is 8.26. The van der Waals surface area contributed by atoms with Crippen molar-refractivity contribution in [3.8, 4) is 0 Å². The summed E-state index contributed by atoms with van der Waals surface area (Å²) in [5.74, 6) is 2.59. The van der Waals surface area contributed by atoms with Crippen LogP contribution in [-0.2, 0) is 4.74 Å². The molecule has 0 N–H and O–H groups in total. The van der Waals surface area contributed by atoms with Crippen molar-refractivity contribution in [2.45, 2.75) is 36.1 Å². The highest BCUT2D eigenvalue weighted by molar-refractivity contribution is 8.18. The average Bonchev–Trinajstić information content (AvgIpc) is 2.69. The van der Waals surface area contributed by atoms with E-state index in [1.54, 1.807) is 0 Å². The molecule has 1 aromatic rings. The molecule has 2 fully saturated rings. The van der Waals surface area contributed by atoms with Gasteiger partial charge >= 0.3 is 0 Å². The lowest BCUT2D eigenvalue weighted by Gasteiger charge is -2.34. The molecule has 92 valence electrons. The lowest BCUT2D eigenvalue weighted by atomic mass is 10.1. The Bertz CT molecular complexity index is 373. The molecule has 0 bridgehead atoms. The summed E-state index contributed by atoms with van der Waals surface area (Å²) in [6, 6.07) is 10.7. The maximum Gasteiger partial charge on any atom is 0.0896 e. The molecular weight excluding hydrogens is 248 g/mol. The van der Waals surface area contributed by atoms with E-state index in [0.29, 0.717) is 16.3 Å². The Labute approximate surface area is 112 Å². The molecule has 1 spiro atoms. The van der Waals surface area contributed by atoms with Crippen LogP contribution < -0.4 is 0 Å². The lowest BCUT2D eigenvalue weighted by molar-refractivity contribution is 0.0548. The zero-order chi connectivity index (χ0) is 11.7. The van der Waals surface area contributed by atoms with Crippen LogP contribution in [0.15, 0.2) is 30.3 Å². The molecule has 2 atom stereocenters. The molecule has 0 unspecified atom stereocenters. The molecule has 0 aliphatic carbocycles. The minimum atomic E-state index is 0.296. The highest BCUT2D eigenvalue weighted by atomic mass is 32.2. The van der Waals surface area contributed by atoms with E-state index in [1.165, 1.54) is 23.5 Å². The molecule has 0 saturated carbocycles. The Hall–Kier alpha value is -0.120. The van der Waals surface area contributed by atoms with Crippen LogP contribution in [0, 0.1) is 0 Å². The number of rotatable bonds is 1. The molecule has 2 heterocycles. The average molecular weight is 266 g/mol. The third-order valence-electron chi connectivity index (χ3n) is 3.61. The Morgan fingerprint density at radius 2 is 1.88 bits per heavy atom. The van der Waals surface area contributed by atoms with Crippen molar-refractivity contribution in [2.24, 2.45) is 0 Å². The molecule has 2 aliphatic heterocycles. The zero-order valence-corrected chi connectivity index (χ0v) is 11.7. The van der Waals surface area contributed by atoms with Crippen LogP contribution >= 0.6 is 23.5 Å². The molecule has 2 saturated heterocycles. The van der Waals surface area contributed by atoms with Crippen LogP contribution in [0.25, 0.3) is 0 Å². The van der Waals surface area contributed by atoms with Crippen molar-refractivity contribution < 1.29 is 4.74 Å². The molecule has 1 aromatic carbocycles. The van der Waals surface area contributed by atoms with Crippen molar-refractivity contribution in [2.75, 3.05) is 11.5 Å². The smallest absolute Gasteiger partial charge is 0.0896 e. The van der Waals surface area contributed by atoms with E-state index in [4.69, 9.17) is 4.74 Å². The van der Waals surface area contributed by atoms with Crippen molar-refractivity contribution in [1.29, 1.82) is 0 Å². The maximum absolute atomic E-state index is 6.20. The number of thioether (sulfide) groups is 2. The van der Waals surface area contributed by atoms with Gasteiger partial charge in [-0.3, -0.25) is 0 Å². The summed E-state index contributed by atoms with van der Waals surface area (Å²) in [5.41, 5.74) is 1.34. The molecule has 2 aliphatic rings. The van der Waals surface area contributed by atoms with E-state index in [2.05, 4.69) is 60.8 Å². The predicted molar refractivity (Wildman–Crippen MR) is 76.6 cm³/mol. The Morgan fingerprint density at radius 3 is 2.59 bits per heavy atom. The molecule has 3 heteroatoms. The molecule has 0 radical (unpaired) electrons. The second-order valence-corrected chi connectivity index (χ2v) is 7.85. The van der Waals surface area contributed by atoms with Crippen LogP contribution in [0.2, 0.25) is 0 Å². The highest BCUT2D eigenvalue weighted by Crippen LogP contribution is 2.56. The lowest BCUT2D eigenvalue weighted by Crippen LogP contribution is -2.32. The van der Waals surface area contributed by atoms with Gasteiger partial charge in [0.15, 0.2) is 0 Å². The minimum absolute atomic E-state index is 0.296. The van der Waals surface area contributed by atoms with E-state index in [-0.39, 0.29) is 0 Å². The summed E-state index contributed by atoms with van der Waals surface area (Å²) in [4.78, 5) is 0. The zero-order valence-electron chi connectivity index (χ0n) is 10.1. The fraction of sp³-hybridized carbons (Fsp3) is 0.571. The highest BCUT2D eigenvalue weighted by Gasteiger charge is 2.48. The Balaban J connectivity index is 1.79. The van der Waals surface area contributed by atoms with Gasteiger partial charge in [0.05, 0.1) is 16.3 Å². The van der Waals surface area contributed by atoms with E-state index >= 15 is 0 Å². The van der Waals surface area contributed by atoms with Gasteiger partial charge in [-0.1, -0.05) is 30.3 Å². The van der Waals surface area contributed by atoms with E-state index in [0.717, 1.165) is 6.42 Å². The normalized spacial score (nSPS) is 31.8. The van der Waals surface area contributed by atoms with E-state index < -0.39 is 0 Å². The predicted octanol–water partition coefficient (Wildman–Crippen LogP) is 4.10. The van der Waals surface area contributed by atoms with Gasteiger partial charge in [-0.15, -0.1) is 23.5 Å². The summed E-state index contributed by atoms with van der Waals surface area (Å²) in [6.07, 6.45) is 3.17. The minimum Gasteiger partial charge on any atom is -0.368 e. The number of hydrogen-bond acceptors (Lipinski definition) is 3. The summed E-state index contributed by atoms with van der Waals surface area (Å²) in [7, 11) is 0. The standard InChI is InChI=1S/C14H18OS2/c1-11-14(16-8-5-9-17-14)10-13(15-11)12-6-3-2-4-7-12/h2-4,6-7,11,13H,5,8-10H2,1H3/t11-,13+/m1/s1. The van der Waals surface area contributed by atoms with E-state index in [9.17, 15) is 0 Å². The Morgan fingerprint density at radius 1 is 1.18 bits per heavy atom. The first-order valence-electron chi connectivity index (χ1n) is 6.28. The van der Waals surface area contributed by atoms with Crippen LogP contribution in [-0.4, -0.2) is 21.7 Å². The molecule has 3 rings (SSSR count). The van der Waals surface area contributed by atoms with Crippen molar-refractivity contribution in [3.05, 3.63) is 35.9 Å². The number of hydrogen-bond donors (Lipinski definition) is 0. The summed E-state index contributed by atoms with van der Waals surface area (Å²) < 4.78 is 6.52. The maximum atomic E-state index is 6.20. The van der Waals surface area contributed by atoms with Gasteiger partial charge in [0.25, 0.3) is 0 Å². The third kappa shape index (κ3) is 2.25. The van der Waals surface area contributed by atoms with Crippen molar-refractivity contribution >= 4 is 23.5 Å². The number of benzene rings is 1. The van der Waals surface area contributed by atoms with Gasteiger partial charge in [0, 0.05) is 6.42 Å². The molecule has 17 heavy (non-hydrogen) atoms. The summed E-state index contributed by atoms with van der Waals surface area (Å²) in [5, 5.41) is 0. The molecule has 0 aromatic heterocycles. The van der Waals surface area contributed by atoms with Crippen LogP contribution in [0.3, 0.4) is 0 Å². The van der Waals surface area contributed by atoms with Gasteiger partial charge in [-0.05, 0) is 30.4 Å². The number of ether oxygens (including phenoxy) is 1. The SMILES string of the molecule is C[C@H]1O[C@H](c2ccccc2)CC12SCCCS2. The quantitative estimate of drug-likeness (QED) is 0.757. The van der Waals surface area contributed by atoms with Crippen LogP contribution in [0.4, 0.5) is 0 Å². The summed E-state index contributed by atoms with van der Waals surface area (Å²) >= 11 is 4.24.